The average molecular weight is 291 g/mol. The number of nitrogens with one attached hydrogen (secondary N) is 2. The second-order valence-corrected chi connectivity index (χ2v) is 5.67. The van der Waals surface area contributed by atoms with Gasteiger partial charge in [0.25, 0.3) is 5.69 Å². The van der Waals surface area contributed by atoms with E-state index in [0.29, 0.717) is 17.8 Å². The molecule has 1 aromatic rings. The molecule has 0 radical (unpaired) electrons. The minimum atomic E-state index is -0.427. The molecule has 2 N–H and O–H groups in total. The second-order valence-electron chi connectivity index (χ2n) is 5.67. The number of carbonyl (C=O) groups is 1. The van der Waals surface area contributed by atoms with Gasteiger partial charge in [-0.1, -0.05) is 19.4 Å². The van der Waals surface area contributed by atoms with Gasteiger partial charge >= 0.3 is 0 Å². The van der Waals surface area contributed by atoms with Crippen molar-refractivity contribution < 1.29 is 9.72 Å². The minimum Gasteiger partial charge on any atom is -0.325 e. The molecule has 21 heavy (non-hydrogen) atoms. The molecule has 6 nitrogen and oxygen atoms in total. The number of nitro groups is 1. The average Bonchev–Trinajstić information content (AvgIpc) is 2.91. The number of amides is 1. The number of hydrogen-bond acceptors (Lipinski definition) is 4. The summed E-state index contributed by atoms with van der Waals surface area (Å²) in [5.41, 5.74) is 0.708. The van der Waals surface area contributed by atoms with E-state index in [1.54, 1.807) is 19.1 Å². The summed E-state index contributed by atoms with van der Waals surface area (Å²) < 4.78 is 0. The number of nitrogens with zero attached hydrogens (tertiary/aromatic N) is 1. The summed E-state index contributed by atoms with van der Waals surface area (Å²) in [6.45, 7) is 5.25. The molecule has 1 aliphatic rings. The Kier molecular flexibility index (Phi) is 4.57. The van der Waals surface area contributed by atoms with Gasteiger partial charge in [-0.05, 0) is 32.4 Å². The third-order valence-corrected chi connectivity index (χ3v) is 4.12. The first-order chi connectivity index (χ1) is 9.98. The third kappa shape index (κ3) is 3.21. The van der Waals surface area contributed by atoms with E-state index in [0.717, 1.165) is 25.8 Å². The summed E-state index contributed by atoms with van der Waals surface area (Å²) in [6.07, 6.45) is 2.56. The van der Waals surface area contributed by atoms with Crippen LogP contribution in [0.5, 0.6) is 0 Å². The van der Waals surface area contributed by atoms with Crippen LogP contribution < -0.4 is 10.6 Å². The van der Waals surface area contributed by atoms with Gasteiger partial charge in [-0.2, -0.15) is 0 Å². The lowest BCUT2D eigenvalue weighted by Gasteiger charge is -2.26. The van der Waals surface area contributed by atoms with Gasteiger partial charge in [0, 0.05) is 23.9 Å². The first-order valence-electron chi connectivity index (χ1n) is 7.26. The molecule has 0 saturated carbocycles. The van der Waals surface area contributed by atoms with Crippen LogP contribution in [-0.2, 0) is 4.79 Å². The maximum Gasteiger partial charge on any atom is 0.274 e. The number of hydrogen-bond donors (Lipinski definition) is 2. The molecule has 1 amide bonds. The molecule has 6 heteroatoms. The number of anilines is 1. The molecule has 114 valence electrons. The smallest absolute Gasteiger partial charge is 0.274 e. The van der Waals surface area contributed by atoms with Crippen LogP contribution in [-0.4, -0.2) is 23.9 Å². The van der Waals surface area contributed by atoms with Gasteiger partial charge in [-0.3, -0.25) is 14.9 Å². The Labute approximate surface area is 124 Å². The van der Waals surface area contributed by atoms with E-state index in [1.165, 1.54) is 6.07 Å². The molecule has 1 saturated heterocycles. The van der Waals surface area contributed by atoms with Gasteiger partial charge in [0.2, 0.25) is 5.91 Å². The Morgan fingerprint density at radius 1 is 1.52 bits per heavy atom. The molecule has 0 aromatic heterocycles. The molecule has 1 heterocycles. The van der Waals surface area contributed by atoms with E-state index in [1.807, 2.05) is 0 Å². The van der Waals surface area contributed by atoms with Crippen LogP contribution in [0.3, 0.4) is 0 Å². The highest BCUT2D eigenvalue weighted by Crippen LogP contribution is 2.33. The van der Waals surface area contributed by atoms with Crippen LogP contribution in [0.2, 0.25) is 0 Å². The van der Waals surface area contributed by atoms with Gasteiger partial charge < -0.3 is 10.6 Å². The summed E-state index contributed by atoms with van der Waals surface area (Å²) in [5, 5.41) is 17.0. The van der Waals surface area contributed by atoms with Crippen molar-refractivity contribution in [3.05, 3.63) is 33.9 Å². The van der Waals surface area contributed by atoms with E-state index < -0.39 is 10.3 Å². The number of nitro benzene ring substituents is 1. The van der Waals surface area contributed by atoms with Crippen LogP contribution in [0.25, 0.3) is 0 Å². The number of aryl methyl sites for hydroxylation is 1. The van der Waals surface area contributed by atoms with Crippen molar-refractivity contribution in [1.82, 2.24) is 5.32 Å². The number of benzene rings is 1. The molecule has 0 spiro atoms. The lowest BCUT2D eigenvalue weighted by Crippen LogP contribution is -2.38. The monoisotopic (exact) mass is 291 g/mol. The number of carbonyl (C=O) groups excluding carboxylic acids is 1. The summed E-state index contributed by atoms with van der Waals surface area (Å²) in [4.78, 5) is 23.1. The van der Waals surface area contributed by atoms with Crippen LogP contribution in [0, 0.1) is 22.5 Å². The Morgan fingerprint density at radius 2 is 2.29 bits per heavy atom. The Hall–Kier alpha value is -1.95. The highest BCUT2D eigenvalue weighted by Gasteiger charge is 2.40. The van der Waals surface area contributed by atoms with Crippen molar-refractivity contribution in [3.63, 3.8) is 0 Å². The molecule has 1 unspecified atom stereocenters. The van der Waals surface area contributed by atoms with Crippen LogP contribution in [0.15, 0.2) is 18.2 Å². The zero-order valence-electron chi connectivity index (χ0n) is 12.4. The fraction of sp³-hybridized carbons (Fsp3) is 0.533. The van der Waals surface area contributed by atoms with Crippen molar-refractivity contribution in [3.8, 4) is 0 Å². The van der Waals surface area contributed by atoms with E-state index in [4.69, 9.17) is 0 Å². The molecule has 2 rings (SSSR count). The summed E-state index contributed by atoms with van der Waals surface area (Å²) in [6, 6.07) is 4.80. The fourth-order valence-corrected chi connectivity index (χ4v) is 2.89. The SMILES string of the molecule is CCCC1(C(=O)Nc2ccc(C)c([N+](=O)[O-])c2)CCNC1. The Bertz CT molecular complexity index is 551. The first-order valence-corrected chi connectivity index (χ1v) is 7.26. The van der Waals surface area contributed by atoms with Gasteiger partial charge in [-0.15, -0.1) is 0 Å². The Balaban J connectivity index is 2.19. The summed E-state index contributed by atoms with van der Waals surface area (Å²) >= 11 is 0. The summed E-state index contributed by atoms with van der Waals surface area (Å²) in [7, 11) is 0. The molecule has 1 atom stereocenters. The van der Waals surface area contributed by atoms with Crippen LogP contribution >= 0.6 is 0 Å². The lowest BCUT2D eigenvalue weighted by atomic mass is 9.81. The normalized spacial score (nSPS) is 21.2. The van der Waals surface area contributed by atoms with E-state index >= 15 is 0 Å². The standard InChI is InChI=1S/C15H21N3O3/c1-3-6-15(7-8-16-10-15)14(19)17-12-5-4-11(2)13(9-12)18(20)21/h4-5,9,16H,3,6-8,10H2,1-2H3,(H,17,19). The predicted octanol–water partition coefficient (Wildman–Crippen LogP) is 2.62. The van der Waals surface area contributed by atoms with Gasteiger partial charge in [0.15, 0.2) is 0 Å². The van der Waals surface area contributed by atoms with Crippen molar-refractivity contribution in [2.24, 2.45) is 5.41 Å². The molecular formula is C15H21N3O3. The molecule has 1 aliphatic heterocycles. The predicted molar refractivity (Wildman–Crippen MR) is 81.3 cm³/mol. The second kappa shape index (κ2) is 6.22. The zero-order chi connectivity index (χ0) is 15.5. The molecule has 1 fully saturated rings. The maximum absolute atomic E-state index is 12.6. The Morgan fingerprint density at radius 3 is 2.86 bits per heavy atom. The van der Waals surface area contributed by atoms with Gasteiger partial charge in [-0.25, -0.2) is 0 Å². The van der Waals surface area contributed by atoms with Crippen molar-refractivity contribution in [1.29, 1.82) is 0 Å². The maximum atomic E-state index is 12.6. The van der Waals surface area contributed by atoms with Crippen LogP contribution in [0.4, 0.5) is 11.4 Å². The minimum absolute atomic E-state index is 0.0295. The fourth-order valence-electron chi connectivity index (χ4n) is 2.89. The van der Waals surface area contributed by atoms with Gasteiger partial charge in [0.1, 0.15) is 0 Å². The van der Waals surface area contributed by atoms with Crippen molar-refractivity contribution in [2.45, 2.75) is 33.1 Å². The highest BCUT2D eigenvalue weighted by atomic mass is 16.6. The number of rotatable bonds is 5. The summed E-state index contributed by atoms with van der Waals surface area (Å²) in [5.74, 6) is -0.0486. The molecule has 0 aliphatic carbocycles. The van der Waals surface area contributed by atoms with Gasteiger partial charge in [0.05, 0.1) is 10.3 Å². The third-order valence-electron chi connectivity index (χ3n) is 4.12. The van der Waals surface area contributed by atoms with E-state index in [-0.39, 0.29) is 11.6 Å². The molecule has 1 aromatic carbocycles. The lowest BCUT2D eigenvalue weighted by molar-refractivity contribution is -0.385. The van der Waals surface area contributed by atoms with Crippen LogP contribution in [0.1, 0.15) is 31.7 Å². The topological polar surface area (TPSA) is 84.3 Å². The van der Waals surface area contributed by atoms with Crippen molar-refractivity contribution in [2.75, 3.05) is 18.4 Å². The van der Waals surface area contributed by atoms with Crippen molar-refractivity contribution >= 4 is 17.3 Å². The first kappa shape index (κ1) is 15.4. The zero-order valence-corrected chi connectivity index (χ0v) is 12.4. The molecule has 0 bridgehead atoms. The largest absolute Gasteiger partial charge is 0.325 e. The molecular weight excluding hydrogens is 270 g/mol. The quantitative estimate of drug-likeness (QED) is 0.645. The van der Waals surface area contributed by atoms with E-state index in [9.17, 15) is 14.9 Å². The highest BCUT2D eigenvalue weighted by molar-refractivity contribution is 5.96. The van der Waals surface area contributed by atoms with E-state index in [2.05, 4.69) is 17.6 Å².